The largest absolute Gasteiger partial charge is 0.423 e. The predicted molar refractivity (Wildman–Crippen MR) is 74.5 cm³/mol. The van der Waals surface area contributed by atoms with E-state index in [1.54, 1.807) is 6.92 Å². The Morgan fingerprint density at radius 2 is 1.79 bits per heavy atom. The number of rotatable bonds is 9. The third-order valence-corrected chi connectivity index (χ3v) is 2.85. The number of hydrogen-bond acceptors (Lipinski definition) is 4. The summed E-state index contributed by atoms with van der Waals surface area (Å²) in [5.74, 6) is -1.37. The third kappa shape index (κ3) is 9.51. The Labute approximate surface area is 116 Å². The molecule has 0 amide bonds. The molecule has 4 heteroatoms. The van der Waals surface area contributed by atoms with Crippen LogP contribution in [0, 0.1) is 5.92 Å². The molecule has 0 fully saturated rings. The van der Waals surface area contributed by atoms with Crippen molar-refractivity contribution < 1.29 is 19.1 Å². The van der Waals surface area contributed by atoms with Gasteiger partial charge in [0.25, 0.3) is 5.79 Å². The van der Waals surface area contributed by atoms with E-state index in [4.69, 9.17) is 9.47 Å². The molecule has 0 spiro atoms. The highest BCUT2D eigenvalue weighted by Gasteiger charge is 2.31. The standard InChI is InChI=1S/C15H28O4/c1-6-7-8-9-14(17)19-15(5,18-13(4)16)11-10-12(2)3/h12H,6-11H2,1-5H3. The SMILES string of the molecule is CCCCCC(=O)OC(C)(CCC(C)C)OC(C)=O. The summed E-state index contributed by atoms with van der Waals surface area (Å²) in [6.45, 7) is 9.23. The zero-order valence-electron chi connectivity index (χ0n) is 13.0. The van der Waals surface area contributed by atoms with Gasteiger partial charge in [-0.25, -0.2) is 0 Å². The van der Waals surface area contributed by atoms with Gasteiger partial charge in [0, 0.05) is 26.7 Å². The minimum Gasteiger partial charge on any atom is -0.423 e. The van der Waals surface area contributed by atoms with Crippen LogP contribution in [0.4, 0.5) is 0 Å². The van der Waals surface area contributed by atoms with Crippen LogP contribution in [0.25, 0.3) is 0 Å². The summed E-state index contributed by atoms with van der Waals surface area (Å²) in [7, 11) is 0. The van der Waals surface area contributed by atoms with Gasteiger partial charge in [-0.2, -0.15) is 0 Å². The summed E-state index contributed by atoms with van der Waals surface area (Å²) < 4.78 is 10.5. The van der Waals surface area contributed by atoms with Crippen molar-refractivity contribution in [1.82, 2.24) is 0 Å². The van der Waals surface area contributed by atoms with Crippen LogP contribution in [0.3, 0.4) is 0 Å². The van der Waals surface area contributed by atoms with Crippen molar-refractivity contribution in [2.75, 3.05) is 0 Å². The first-order chi connectivity index (χ1) is 8.79. The lowest BCUT2D eigenvalue weighted by molar-refractivity contribution is -0.224. The van der Waals surface area contributed by atoms with Gasteiger partial charge >= 0.3 is 11.9 Å². The Morgan fingerprint density at radius 3 is 2.26 bits per heavy atom. The zero-order chi connectivity index (χ0) is 14.9. The molecule has 0 aromatic heterocycles. The first kappa shape index (κ1) is 17.9. The van der Waals surface area contributed by atoms with Crippen molar-refractivity contribution in [3.05, 3.63) is 0 Å². The van der Waals surface area contributed by atoms with E-state index in [1.807, 2.05) is 0 Å². The minimum absolute atomic E-state index is 0.291. The maximum absolute atomic E-state index is 11.7. The van der Waals surface area contributed by atoms with Crippen molar-refractivity contribution in [3.63, 3.8) is 0 Å². The molecular formula is C15H28O4. The summed E-state index contributed by atoms with van der Waals surface area (Å²) in [5.41, 5.74) is 0. The van der Waals surface area contributed by atoms with Crippen LogP contribution in [-0.4, -0.2) is 17.7 Å². The van der Waals surface area contributed by atoms with Gasteiger partial charge in [-0.3, -0.25) is 9.59 Å². The Morgan fingerprint density at radius 1 is 1.16 bits per heavy atom. The van der Waals surface area contributed by atoms with Crippen molar-refractivity contribution >= 4 is 11.9 Å². The normalized spacial score (nSPS) is 14.0. The zero-order valence-corrected chi connectivity index (χ0v) is 13.0. The average molecular weight is 272 g/mol. The highest BCUT2D eigenvalue weighted by atomic mass is 16.7. The van der Waals surface area contributed by atoms with Gasteiger partial charge in [0.15, 0.2) is 0 Å². The van der Waals surface area contributed by atoms with E-state index in [9.17, 15) is 9.59 Å². The van der Waals surface area contributed by atoms with E-state index in [2.05, 4.69) is 20.8 Å². The third-order valence-electron chi connectivity index (χ3n) is 2.85. The van der Waals surface area contributed by atoms with E-state index in [0.29, 0.717) is 18.8 Å². The Hall–Kier alpha value is -1.06. The molecule has 4 nitrogen and oxygen atoms in total. The molecule has 0 aromatic carbocycles. The molecule has 0 bridgehead atoms. The number of carbonyl (C=O) groups excluding carboxylic acids is 2. The fourth-order valence-corrected chi connectivity index (χ4v) is 1.79. The highest BCUT2D eigenvalue weighted by molar-refractivity contribution is 5.70. The minimum atomic E-state index is -1.13. The van der Waals surface area contributed by atoms with Gasteiger partial charge in [-0.05, 0) is 18.8 Å². The van der Waals surface area contributed by atoms with Gasteiger partial charge < -0.3 is 9.47 Å². The van der Waals surface area contributed by atoms with E-state index in [-0.39, 0.29) is 5.97 Å². The second-order valence-corrected chi connectivity index (χ2v) is 5.59. The van der Waals surface area contributed by atoms with Crippen molar-refractivity contribution in [1.29, 1.82) is 0 Å². The van der Waals surface area contributed by atoms with Gasteiger partial charge in [0.2, 0.25) is 0 Å². The van der Waals surface area contributed by atoms with E-state index < -0.39 is 11.8 Å². The molecule has 0 saturated carbocycles. The van der Waals surface area contributed by atoms with Crippen molar-refractivity contribution in [2.24, 2.45) is 5.92 Å². The van der Waals surface area contributed by atoms with E-state index >= 15 is 0 Å². The summed E-state index contributed by atoms with van der Waals surface area (Å²) in [5, 5.41) is 0. The van der Waals surface area contributed by atoms with Gasteiger partial charge in [-0.1, -0.05) is 33.6 Å². The highest BCUT2D eigenvalue weighted by Crippen LogP contribution is 2.23. The molecule has 0 rings (SSSR count). The molecular weight excluding hydrogens is 244 g/mol. The molecule has 1 unspecified atom stereocenters. The lowest BCUT2D eigenvalue weighted by Gasteiger charge is -2.29. The molecule has 0 aliphatic rings. The second-order valence-electron chi connectivity index (χ2n) is 5.59. The predicted octanol–water partition coefficient (Wildman–Crippen LogP) is 3.83. The summed E-state index contributed by atoms with van der Waals surface area (Å²) in [6.07, 6.45) is 4.63. The molecule has 0 saturated heterocycles. The summed E-state index contributed by atoms with van der Waals surface area (Å²) in [6, 6.07) is 0. The number of esters is 2. The molecule has 0 aromatic rings. The number of ether oxygens (including phenoxy) is 2. The maximum Gasteiger partial charge on any atom is 0.309 e. The first-order valence-corrected chi connectivity index (χ1v) is 7.20. The van der Waals surface area contributed by atoms with Gasteiger partial charge in [0.1, 0.15) is 0 Å². The van der Waals surface area contributed by atoms with Crippen LogP contribution < -0.4 is 0 Å². The molecule has 0 N–H and O–H groups in total. The molecule has 0 radical (unpaired) electrons. The van der Waals surface area contributed by atoms with Crippen molar-refractivity contribution in [3.8, 4) is 0 Å². The molecule has 19 heavy (non-hydrogen) atoms. The molecule has 1 atom stereocenters. The van der Waals surface area contributed by atoms with Crippen LogP contribution in [0.5, 0.6) is 0 Å². The number of unbranched alkanes of at least 4 members (excludes halogenated alkanes) is 2. The second kappa shape index (κ2) is 8.94. The van der Waals surface area contributed by atoms with Gasteiger partial charge in [0.05, 0.1) is 0 Å². The summed E-state index contributed by atoms with van der Waals surface area (Å²) >= 11 is 0. The number of carbonyl (C=O) groups is 2. The Kier molecular flexibility index (Phi) is 8.44. The monoisotopic (exact) mass is 272 g/mol. The lowest BCUT2D eigenvalue weighted by Crippen LogP contribution is -2.37. The van der Waals surface area contributed by atoms with Crippen molar-refractivity contribution in [2.45, 2.75) is 78.9 Å². The van der Waals surface area contributed by atoms with Crippen LogP contribution in [0.15, 0.2) is 0 Å². The fraction of sp³-hybridized carbons (Fsp3) is 0.867. The lowest BCUT2D eigenvalue weighted by atomic mass is 10.0. The van der Waals surface area contributed by atoms with Crippen LogP contribution in [-0.2, 0) is 19.1 Å². The van der Waals surface area contributed by atoms with Crippen LogP contribution in [0.1, 0.15) is 73.1 Å². The maximum atomic E-state index is 11.7. The first-order valence-electron chi connectivity index (χ1n) is 7.20. The molecule has 0 aliphatic carbocycles. The van der Waals surface area contributed by atoms with E-state index in [1.165, 1.54) is 6.92 Å². The molecule has 112 valence electrons. The quantitative estimate of drug-likeness (QED) is 0.364. The summed E-state index contributed by atoms with van der Waals surface area (Å²) in [4.78, 5) is 22.9. The Balaban J connectivity index is 4.39. The van der Waals surface area contributed by atoms with Gasteiger partial charge in [-0.15, -0.1) is 0 Å². The Bertz CT molecular complexity index is 286. The van der Waals surface area contributed by atoms with Crippen LogP contribution >= 0.6 is 0 Å². The average Bonchev–Trinajstić information content (AvgIpc) is 2.25. The molecule has 0 aliphatic heterocycles. The topological polar surface area (TPSA) is 52.6 Å². The number of hydrogen-bond donors (Lipinski definition) is 0. The molecule has 0 heterocycles. The fourth-order valence-electron chi connectivity index (χ4n) is 1.79. The van der Waals surface area contributed by atoms with Crippen LogP contribution in [0.2, 0.25) is 0 Å². The van der Waals surface area contributed by atoms with E-state index in [0.717, 1.165) is 25.7 Å². The smallest absolute Gasteiger partial charge is 0.309 e.